The van der Waals surface area contributed by atoms with Crippen LogP contribution in [0.1, 0.15) is 71.6 Å². The van der Waals surface area contributed by atoms with E-state index >= 15 is 0 Å². The van der Waals surface area contributed by atoms with Gasteiger partial charge in [-0.25, -0.2) is 0 Å². The van der Waals surface area contributed by atoms with Gasteiger partial charge in [0.15, 0.2) is 0 Å². The molecule has 116 valence electrons. The zero-order valence-corrected chi connectivity index (χ0v) is 13.5. The van der Waals surface area contributed by atoms with Gasteiger partial charge >= 0.3 is 0 Å². The Labute approximate surface area is 128 Å². The summed E-state index contributed by atoms with van der Waals surface area (Å²) in [5, 5.41) is 0. The average Bonchev–Trinajstić information content (AvgIpc) is 2.76. The van der Waals surface area contributed by atoms with Crippen molar-refractivity contribution in [3.63, 3.8) is 0 Å². The molecule has 2 heteroatoms. The number of hydrogen-bond donors (Lipinski definition) is 0. The summed E-state index contributed by atoms with van der Waals surface area (Å²) in [6, 6.07) is 0. The largest absolute Gasteiger partial charge is 0.299 e. The minimum atomic E-state index is -0.172. The second-order valence-electron chi connectivity index (χ2n) is 8.78. The third kappa shape index (κ3) is 1.71. The van der Waals surface area contributed by atoms with Gasteiger partial charge in [0.25, 0.3) is 0 Å². The predicted molar refractivity (Wildman–Crippen MR) is 81.7 cm³/mol. The van der Waals surface area contributed by atoms with Crippen molar-refractivity contribution >= 4 is 11.6 Å². The molecule has 6 atom stereocenters. The monoisotopic (exact) mass is 288 g/mol. The van der Waals surface area contributed by atoms with Crippen molar-refractivity contribution in [2.45, 2.75) is 71.6 Å². The van der Waals surface area contributed by atoms with Crippen molar-refractivity contribution in [3.05, 3.63) is 0 Å². The van der Waals surface area contributed by atoms with Gasteiger partial charge in [0.05, 0.1) is 0 Å². The number of rotatable bonds is 0. The van der Waals surface area contributed by atoms with E-state index in [1.165, 1.54) is 25.7 Å². The van der Waals surface area contributed by atoms with Crippen LogP contribution < -0.4 is 0 Å². The van der Waals surface area contributed by atoms with Crippen molar-refractivity contribution < 1.29 is 9.59 Å². The van der Waals surface area contributed by atoms with E-state index < -0.39 is 0 Å². The maximum Gasteiger partial charge on any atom is 0.139 e. The maximum atomic E-state index is 12.9. The number of Topliss-reactive ketones (excluding diaryl/α,β-unsaturated/α-hetero) is 2. The van der Waals surface area contributed by atoms with E-state index in [0.717, 1.165) is 32.1 Å². The molecular weight excluding hydrogens is 260 g/mol. The molecule has 21 heavy (non-hydrogen) atoms. The summed E-state index contributed by atoms with van der Waals surface area (Å²) in [5.74, 6) is 2.70. The molecule has 4 aliphatic rings. The van der Waals surface area contributed by atoms with E-state index in [2.05, 4.69) is 13.8 Å². The molecule has 0 amide bonds. The number of ketones is 2. The van der Waals surface area contributed by atoms with Crippen LogP contribution in [0.2, 0.25) is 0 Å². The molecule has 0 aliphatic heterocycles. The first-order chi connectivity index (χ1) is 9.97. The van der Waals surface area contributed by atoms with Crippen LogP contribution in [0.4, 0.5) is 0 Å². The lowest BCUT2D eigenvalue weighted by molar-refractivity contribution is -0.156. The highest BCUT2D eigenvalue weighted by Crippen LogP contribution is 2.64. The molecule has 0 saturated heterocycles. The standard InChI is InChI=1S/C19H28O2/c1-18-9-4-3-5-12(18)11-15(20)17-13-6-7-16(21)19(13,2)10-8-14(17)18/h12-14,17H,3-11H2,1-2H3/t12-,13-,14+,17+,18-,19-/m1/s1. The molecule has 0 heterocycles. The Morgan fingerprint density at radius 1 is 0.952 bits per heavy atom. The predicted octanol–water partition coefficient (Wildman–Crippen LogP) is 4.17. The molecule has 4 rings (SSSR count). The first-order valence-electron chi connectivity index (χ1n) is 9.03. The minimum absolute atomic E-state index is 0.172. The quantitative estimate of drug-likeness (QED) is 0.670. The lowest BCUT2D eigenvalue weighted by Crippen LogP contribution is -2.56. The summed E-state index contributed by atoms with van der Waals surface area (Å²) in [7, 11) is 0. The molecule has 4 fully saturated rings. The fourth-order valence-corrected chi connectivity index (χ4v) is 6.74. The summed E-state index contributed by atoms with van der Waals surface area (Å²) in [6.07, 6.45) is 9.86. The molecule has 2 nitrogen and oxygen atoms in total. The van der Waals surface area contributed by atoms with E-state index in [0.29, 0.717) is 34.7 Å². The molecule has 0 N–H and O–H groups in total. The molecule has 0 aromatic carbocycles. The maximum absolute atomic E-state index is 12.9. The fraction of sp³-hybridized carbons (Fsp3) is 0.895. The summed E-state index contributed by atoms with van der Waals surface area (Å²) >= 11 is 0. The smallest absolute Gasteiger partial charge is 0.139 e. The Morgan fingerprint density at radius 3 is 2.57 bits per heavy atom. The second-order valence-corrected chi connectivity index (χ2v) is 8.78. The van der Waals surface area contributed by atoms with Gasteiger partial charge in [0.2, 0.25) is 0 Å². The van der Waals surface area contributed by atoms with Gasteiger partial charge in [-0.15, -0.1) is 0 Å². The lowest BCUT2D eigenvalue weighted by atomic mass is 9.45. The number of carbonyl (C=O) groups excluding carboxylic acids is 2. The molecular formula is C19H28O2. The van der Waals surface area contributed by atoms with E-state index in [9.17, 15) is 9.59 Å². The second kappa shape index (κ2) is 4.43. The van der Waals surface area contributed by atoms with Crippen molar-refractivity contribution in [1.29, 1.82) is 0 Å². The molecule has 0 aromatic heterocycles. The van der Waals surface area contributed by atoms with Crippen LogP contribution in [0.3, 0.4) is 0 Å². The summed E-state index contributed by atoms with van der Waals surface area (Å²) < 4.78 is 0. The zero-order valence-electron chi connectivity index (χ0n) is 13.5. The Bertz CT molecular complexity index is 496. The van der Waals surface area contributed by atoms with E-state index in [-0.39, 0.29) is 11.3 Å². The van der Waals surface area contributed by atoms with Crippen molar-refractivity contribution in [1.82, 2.24) is 0 Å². The van der Waals surface area contributed by atoms with Gasteiger partial charge in [0, 0.05) is 24.2 Å². The van der Waals surface area contributed by atoms with Crippen LogP contribution in [-0.2, 0) is 9.59 Å². The average molecular weight is 288 g/mol. The highest BCUT2D eigenvalue weighted by Gasteiger charge is 2.62. The Morgan fingerprint density at radius 2 is 1.76 bits per heavy atom. The van der Waals surface area contributed by atoms with E-state index in [1.54, 1.807) is 0 Å². The first-order valence-corrected chi connectivity index (χ1v) is 9.03. The highest BCUT2D eigenvalue weighted by molar-refractivity contribution is 5.90. The minimum Gasteiger partial charge on any atom is -0.299 e. The molecule has 0 bridgehead atoms. The van der Waals surface area contributed by atoms with Gasteiger partial charge in [0.1, 0.15) is 11.6 Å². The SMILES string of the molecule is C[C@@]12CCCC[C@@H]1CC(=O)[C@H]1[C@H]3CCC(=O)[C@]3(C)CC[C@@H]12. The van der Waals surface area contributed by atoms with Crippen LogP contribution in [0.25, 0.3) is 0 Å². The van der Waals surface area contributed by atoms with E-state index in [1.807, 2.05) is 0 Å². The molecule has 0 unspecified atom stereocenters. The van der Waals surface area contributed by atoms with Crippen LogP contribution in [0.5, 0.6) is 0 Å². The topological polar surface area (TPSA) is 34.1 Å². The van der Waals surface area contributed by atoms with Crippen LogP contribution >= 0.6 is 0 Å². The Kier molecular flexibility index (Phi) is 2.94. The summed E-state index contributed by atoms with van der Waals surface area (Å²) in [5.41, 5.74) is 0.207. The normalized spacial score (nSPS) is 53.0. The van der Waals surface area contributed by atoms with E-state index in [4.69, 9.17) is 0 Å². The first kappa shape index (κ1) is 14.0. The summed E-state index contributed by atoms with van der Waals surface area (Å²) in [6.45, 7) is 4.63. The van der Waals surface area contributed by atoms with Crippen LogP contribution in [0.15, 0.2) is 0 Å². The molecule has 0 radical (unpaired) electrons. The third-order valence-electron chi connectivity index (χ3n) is 8.10. The van der Waals surface area contributed by atoms with Gasteiger partial charge in [-0.2, -0.15) is 0 Å². The Balaban J connectivity index is 1.72. The number of fused-ring (bicyclic) bond motifs is 5. The molecule has 0 aromatic rings. The van der Waals surface area contributed by atoms with Crippen LogP contribution in [0, 0.1) is 34.5 Å². The van der Waals surface area contributed by atoms with Crippen molar-refractivity contribution in [2.75, 3.05) is 0 Å². The third-order valence-corrected chi connectivity index (χ3v) is 8.10. The highest BCUT2D eigenvalue weighted by atomic mass is 16.1. The molecule has 4 aliphatic carbocycles. The zero-order chi connectivity index (χ0) is 14.8. The summed E-state index contributed by atoms with van der Waals surface area (Å²) in [4.78, 5) is 25.3. The molecule has 0 spiro atoms. The Hall–Kier alpha value is -0.660. The van der Waals surface area contributed by atoms with Gasteiger partial charge < -0.3 is 0 Å². The van der Waals surface area contributed by atoms with Crippen LogP contribution in [-0.4, -0.2) is 11.6 Å². The lowest BCUT2D eigenvalue weighted by Gasteiger charge is -2.58. The fourth-order valence-electron chi connectivity index (χ4n) is 6.74. The van der Waals surface area contributed by atoms with Crippen molar-refractivity contribution in [3.8, 4) is 0 Å². The van der Waals surface area contributed by atoms with Gasteiger partial charge in [-0.05, 0) is 55.3 Å². The van der Waals surface area contributed by atoms with Crippen molar-refractivity contribution in [2.24, 2.45) is 34.5 Å². The molecule has 4 saturated carbocycles. The van der Waals surface area contributed by atoms with Gasteiger partial charge in [-0.1, -0.05) is 26.7 Å². The van der Waals surface area contributed by atoms with Gasteiger partial charge in [-0.3, -0.25) is 9.59 Å². The number of carbonyl (C=O) groups is 2. The number of hydrogen-bond acceptors (Lipinski definition) is 2.